The van der Waals surface area contributed by atoms with Crippen LogP contribution >= 0.6 is 0 Å². The number of hydrogen-bond acceptors (Lipinski definition) is 4. The van der Waals surface area contributed by atoms with E-state index in [-0.39, 0.29) is 0 Å². The van der Waals surface area contributed by atoms with Crippen LogP contribution in [0.2, 0.25) is 0 Å². The molecule has 0 spiro atoms. The summed E-state index contributed by atoms with van der Waals surface area (Å²) in [4.78, 5) is 16.1. The van der Waals surface area contributed by atoms with Crippen molar-refractivity contribution in [2.24, 2.45) is 5.16 Å². The summed E-state index contributed by atoms with van der Waals surface area (Å²) >= 11 is 0. The maximum atomic E-state index is 11.4. The molecule has 0 unspecified atom stereocenters. The third-order valence-electron chi connectivity index (χ3n) is 2.21. The van der Waals surface area contributed by atoms with Crippen molar-refractivity contribution in [3.8, 4) is 5.75 Å². The number of ether oxygens (including phenoxy) is 1. The number of carbonyl (C=O) groups is 1. The Morgan fingerprint density at radius 2 is 1.94 bits per heavy atom. The number of anilines is 1. The second kappa shape index (κ2) is 7.32. The summed E-state index contributed by atoms with van der Waals surface area (Å²) in [6.07, 6.45) is 0.142. The second-order valence-electron chi connectivity index (χ2n) is 3.64. The lowest BCUT2D eigenvalue weighted by molar-refractivity contribution is 0.166. The molecule has 0 heterocycles. The smallest absolute Gasteiger partial charge is 0.437 e. The van der Waals surface area contributed by atoms with Crippen LogP contribution in [0.5, 0.6) is 5.75 Å². The van der Waals surface area contributed by atoms with Crippen LogP contribution in [0.3, 0.4) is 0 Å². The highest BCUT2D eigenvalue weighted by Crippen LogP contribution is 2.15. The molecule has 98 valence electrons. The van der Waals surface area contributed by atoms with Crippen molar-refractivity contribution in [2.75, 3.05) is 11.9 Å². The lowest BCUT2D eigenvalue weighted by Gasteiger charge is -2.05. The molecule has 0 aliphatic heterocycles. The van der Waals surface area contributed by atoms with Gasteiger partial charge in [-0.1, -0.05) is 12.1 Å². The fourth-order valence-corrected chi connectivity index (χ4v) is 1.13. The Morgan fingerprint density at radius 1 is 1.28 bits per heavy atom. The first-order chi connectivity index (χ1) is 8.65. The van der Waals surface area contributed by atoms with Gasteiger partial charge in [-0.25, -0.2) is 4.79 Å². The normalized spacial score (nSPS) is 10.9. The van der Waals surface area contributed by atoms with Gasteiger partial charge in [0, 0.05) is 5.69 Å². The van der Waals surface area contributed by atoms with E-state index in [4.69, 9.17) is 4.74 Å². The Morgan fingerprint density at radius 3 is 2.50 bits per heavy atom. The molecular weight excluding hydrogens is 232 g/mol. The first-order valence-electron chi connectivity index (χ1n) is 5.90. The zero-order valence-corrected chi connectivity index (χ0v) is 10.9. The maximum absolute atomic E-state index is 11.4. The van der Waals surface area contributed by atoms with Gasteiger partial charge in [0.15, 0.2) is 0 Å². The number of carbonyl (C=O) groups excluding carboxylic acids is 1. The molecule has 1 N–H and O–H groups in total. The van der Waals surface area contributed by atoms with Crippen LogP contribution in [0.4, 0.5) is 10.5 Å². The van der Waals surface area contributed by atoms with E-state index in [0.29, 0.717) is 12.3 Å². The first-order valence-corrected chi connectivity index (χ1v) is 5.90. The van der Waals surface area contributed by atoms with Crippen molar-refractivity contribution in [3.63, 3.8) is 0 Å². The SMILES string of the molecule is CCOc1ccc(NC(=O)ON=C(C)CC)cc1. The number of rotatable bonds is 5. The van der Waals surface area contributed by atoms with Crippen LogP contribution in [0, 0.1) is 0 Å². The van der Waals surface area contributed by atoms with Crippen LogP contribution in [0.25, 0.3) is 0 Å². The summed E-state index contributed by atoms with van der Waals surface area (Å²) in [7, 11) is 0. The van der Waals surface area contributed by atoms with E-state index in [1.54, 1.807) is 31.2 Å². The van der Waals surface area contributed by atoms with Crippen molar-refractivity contribution >= 4 is 17.5 Å². The van der Waals surface area contributed by atoms with E-state index in [2.05, 4.69) is 15.3 Å². The Labute approximate surface area is 107 Å². The largest absolute Gasteiger partial charge is 0.494 e. The highest BCUT2D eigenvalue weighted by atomic mass is 16.7. The van der Waals surface area contributed by atoms with Gasteiger partial charge in [-0.05, 0) is 44.5 Å². The number of hydrogen-bond donors (Lipinski definition) is 1. The van der Waals surface area contributed by atoms with Crippen molar-refractivity contribution in [3.05, 3.63) is 24.3 Å². The van der Waals surface area contributed by atoms with Crippen LogP contribution in [-0.4, -0.2) is 18.4 Å². The van der Waals surface area contributed by atoms with E-state index in [9.17, 15) is 4.79 Å². The first kappa shape index (κ1) is 14.0. The Balaban J connectivity index is 2.49. The molecule has 18 heavy (non-hydrogen) atoms. The van der Waals surface area contributed by atoms with Crippen molar-refractivity contribution in [1.29, 1.82) is 0 Å². The number of oxime groups is 1. The Bertz CT molecular complexity index is 413. The fraction of sp³-hybridized carbons (Fsp3) is 0.385. The lowest BCUT2D eigenvalue weighted by Crippen LogP contribution is -2.11. The fourth-order valence-electron chi connectivity index (χ4n) is 1.13. The standard InChI is InChI=1S/C13H18N2O3/c1-4-10(3)15-18-13(16)14-11-6-8-12(9-7-11)17-5-2/h6-9H,4-5H2,1-3H3,(H,14,16). The quantitative estimate of drug-likeness (QED) is 0.495. The van der Waals surface area contributed by atoms with E-state index >= 15 is 0 Å². The predicted octanol–water partition coefficient (Wildman–Crippen LogP) is 3.42. The molecule has 0 bridgehead atoms. The van der Waals surface area contributed by atoms with Gasteiger partial charge < -0.3 is 4.74 Å². The maximum Gasteiger partial charge on any atom is 0.437 e. The van der Waals surface area contributed by atoms with Crippen LogP contribution < -0.4 is 10.1 Å². The topological polar surface area (TPSA) is 59.9 Å². The number of nitrogens with zero attached hydrogens (tertiary/aromatic N) is 1. The van der Waals surface area contributed by atoms with Crippen molar-refractivity contribution in [2.45, 2.75) is 27.2 Å². The second-order valence-corrected chi connectivity index (χ2v) is 3.64. The molecule has 1 aromatic carbocycles. The molecule has 0 aliphatic carbocycles. The molecule has 0 radical (unpaired) electrons. The molecule has 0 aliphatic rings. The third-order valence-corrected chi connectivity index (χ3v) is 2.21. The van der Waals surface area contributed by atoms with Crippen LogP contribution in [0.15, 0.2) is 29.4 Å². The van der Waals surface area contributed by atoms with E-state index in [1.165, 1.54) is 0 Å². The average Bonchev–Trinajstić information content (AvgIpc) is 2.38. The summed E-state index contributed by atoms with van der Waals surface area (Å²) < 4.78 is 5.29. The molecule has 1 aromatic rings. The Hall–Kier alpha value is -2.04. The summed E-state index contributed by atoms with van der Waals surface area (Å²) in [5.74, 6) is 0.760. The molecule has 0 saturated carbocycles. The minimum atomic E-state index is -0.605. The zero-order valence-electron chi connectivity index (χ0n) is 10.9. The average molecular weight is 250 g/mol. The summed E-state index contributed by atoms with van der Waals surface area (Å²) in [6, 6.07) is 7.03. The van der Waals surface area contributed by atoms with Gasteiger partial charge in [-0.3, -0.25) is 10.2 Å². The van der Waals surface area contributed by atoms with Gasteiger partial charge in [0.05, 0.1) is 12.3 Å². The number of amides is 1. The summed E-state index contributed by atoms with van der Waals surface area (Å²) in [6.45, 7) is 6.26. The van der Waals surface area contributed by atoms with E-state index in [0.717, 1.165) is 17.9 Å². The highest BCUT2D eigenvalue weighted by Gasteiger charge is 2.03. The molecule has 0 aromatic heterocycles. The van der Waals surface area contributed by atoms with Gasteiger partial charge in [0.2, 0.25) is 0 Å². The van der Waals surface area contributed by atoms with Gasteiger partial charge in [-0.15, -0.1) is 0 Å². The molecule has 5 nitrogen and oxygen atoms in total. The van der Waals surface area contributed by atoms with E-state index < -0.39 is 6.09 Å². The zero-order chi connectivity index (χ0) is 13.4. The number of benzene rings is 1. The van der Waals surface area contributed by atoms with Crippen LogP contribution in [0.1, 0.15) is 27.2 Å². The molecule has 0 saturated heterocycles. The molecule has 1 amide bonds. The minimum Gasteiger partial charge on any atom is -0.494 e. The number of nitrogens with one attached hydrogen (secondary N) is 1. The third kappa shape index (κ3) is 4.86. The van der Waals surface area contributed by atoms with Crippen molar-refractivity contribution in [1.82, 2.24) is 0 Å². The van der Waals surface area contributed by atoms with Gasteiger partial charge in [-0.2, -0.15) is 0 Å². The molecule has 5 heteroatoms. The lowest BCUT2D eigenvalue weighted by atomic mass is 10.3. The van der Waals surface area contributed by atoms with Gasteiger partial charge in [0.1, 0.15) is 5.75 Å². The van der Waals surface area contributed by atoms with Gasteiger partial charge in [0.25, 0.3) is 0 Å². The molecule has 0 fully saturated rings. The monoisotopic (exact) mass is 250 g/mol. The highest BCUT2D eigenvalue weighted by molar-refractivity contribution is 5.86. The van der Waals surface area contributed by atoms with Gasteiger partial charge >= 0.3 is 6.09 Å². The predicted molar refractivity (Wildman–Crippen MR) is 71.1 cm³/mol. The summed E-state index contributed by atoms with van der Waals surface area (Å²) in [5, 5.41) is 6.23. The molecule has 1 rings (SSSR count). The minimum absolute atomic E-state index is 0.605. The summed E-state index contributed by atoms with van der Waals surface area (Å²) in [5.41, 5.74) is 1.39. The molecular formula is C13H18N2O3. The Kier molecular flexibility index (Phi) is 5.70. The van der Waals surface area contributed by atoms with Crippen molar-refractivity contribution < 1.29 is 14.4 Å². The molecule has 0 atom stereocenters. The van der Waals surface area contributed by atoms with Crippen LogP contribution in [-0.2, 0) is 4.84 Å². The van der Waals surface area contributed by atoms with E-state index in [1.807, 2.05) is 13.8 Å².